The predicted molar refractivity (Wildman–Crippen MR) is 97.7 cm³/mol. The van der Waals surface area contributed by atoms with E-state index in [1.807, 2.05) is 46.5 Å². The Kier molecular flexibility index (Phi) is 4.73. The van der Waals surface area contributed by atoms with Gasteiger partial charge >= 0.3 is 0 Å². The van der Waals surface area contributed by atoms with E-state index in [4.69, 9.17) is 4.42 Å². The molecule has 144 valence electrons. The number of furan rings is 1. The fourth-order valence-electron chi connectivity index (χ4n) is 3.86. The third kappa shape index (κ3) is 3.75. The molecule has 1 saturated heterocycles. The molecule has 0 radical (unpaired) electrons. The van der Waals surface area contributed by atoms with Crippen LogP contribution < -0.4 is 5.32 Å². The summed E-state index contributed by atoms with van der Waals surface area (Å²) >= 11 is 0. The lowest BCUT2D eigenvalue weighted by Crippen LogP contribution is -2.56. The Morgan fingerprint density at radius 2 is 2.15 bits per heavy atom. The van der Waals surface area contributed by atoms with E-state index in [0.717, 1.165) is 22.9 Å². The van der Waals surface area contributed by atoms with Crippen molar-refractivity contribution in [3.63, 3.8) is 0 Å². The van der Waals surface area contributed by atoms with Crippen molar-refractivity contribution in [3.05, 3.63) is 41.1 Å². The van der Waals surface area contributed by atoms with Crippen molar-refractivity contribution >= 4 is 11.8 Å². The van der Waals surface area contributed by atoms with Crippen molar-refractivity contribution in [1.82, 2.24) is 24.9 Å². The van der Waals surface area contributed by atoms with Gasteiger partial charge in [-0.3, -0.25) is 19.2 Å². The summed E-state index contributed by atoms with van der Waals surface area (Å²) in [6, 6.07) is 5.39. The van der Waals surface area contributed by atoms with Crippen LogP contribution in [0, 0.1) is 13.8 Å². The molecule has 0 bridgehead atoms. The summed E-state index contributed by atoms with van der Waals surface area (Å²) in [6.45, 7) is 7.55. The van der Waals surface area contributed by atoms with Crippen LogP contribution in [-0.2, 0) is 29.2 Å². The number of carbonyl (C=O) groups excluding carboxylic acids is 2. The van der Waals surface area contributed by atoms with Crippen LogP contribution in [0.15, 0.2) is 22.6 Å². The monoisotopic (exact) mass is 371 g/mol. The number of aromatic nitrogens is 2. The van der Waals surface area contributed by atoms with Crippen molar-refractivity contribution in [2.75, 3.05) is 19.6 Å². The molecule has 0 aliphatic carbocycles. The first-order valence-electron chi connectivity index (χ1n) is 9.38. The molecule has 1 atom stereocenters. The zero-order valence-electron chi connectivity index (χ0n) is 15.8. The van der Waals surface area contributed by atoms with Gasteiger partial charge in [0.1, 0.15) is 11.5 Å². The highest BCUT2D eigenvalue weighted by Crippen LogP contribution is 2.19. The van der Waals surface area contributed by atoms with E-state index < -0.39 is 6.04 Å². The summed E-state index contributed by atoms with van der Waals surface area (Å²) < 4.78 is 7.61. The third-order valence-corrected chi connectivity index (χ3v) is 5.24. The molecule has 2 amide bonds. The smallest absolute Gasteiger partial charge is 0.237 e. The van der Waals surface area contributed by atoms with Gasteiger partial charge in [-0.15, -0.1) is 0 Å². The summed E-state index contributed by atoms with van der Waals surface area (Å²) in [7, 11) is 0. The van der Waals surface area contributed by atoms with Gasteiger partial charge in [-0.25, -0.2) is 0 Å². The van der Waals surface area contributed by atoms with Crippen LogP contribution in [0.25, 0.3) is 0 Å². The van der Waals surface area contributed by atoms with Gasteiger partial charge in [-0.2, -0.15) is 5.10 Å². The molecule has 1 N–H and O–H groups in total. The summed E-state index contributed by atoms with van der Waals surface area (Å²) in [5.74, 6) is 1.58. The van der Waals surface area contributed by atoms with Crippen LogP contribution >= 0.6 is 0 Å². The average Bonchev–Trinajstić information content (AvgIpc) is 3.21. The molecule has 1 fully saturated rings. The fourth-order valence-corrected chi connectivity index (χ4v) is 3.86. The molecule has 0 spiro atoms. The number of hydrogen-bond acceptors (Lipinski definition) is 5. The van der Waals surface area contributed by atoms with E-state index in [0.29, 0.717) is 39.3 Å². The van der Waals surface area contributed by atoms with Gasteiger partial charge in [0.05, 0.1) is 43.5 Å². The molecule has 27 heavy (non-hydrogen) atoms. The molecule has 8 heteroatoms. The summed E-state index contributed by atoms with van der Waals surface area (Å²) in [4.78, 5) is 29.2. The van der Waals surface area contributed by atoms with Gasteiger partial charge < -0.3 is 14.6 Å². The van der Waals surface area contributed by atoms with Crippen LogP contribution in [0.5, 0.6) is 0 Å². The Bertz CT molecular complexity index is 855. The molecule has 2 aromatic rings. The number of nitrogens with zero attached hydrogens (tertiary/aromatic N) is 4. The van der Waals surface area contributed by atoms with Gasteiger partial charge in [-0.05, 0) is 32.0 Å². The second-order valence-electron chi connectivity index (χ2n) is 7.31. The van der Waals surface area contributed by atoms with Crippen LogP contribution in [-0.4, -0.2) is 57.1 Å². The SMILES string of the molecule is Cc1cc2n(n1)CCN(C(=O)CC1C(=O)NCCN1Cc1ccc(C)o1)C2. The standard InChI is InChI=1S/C19H25N5O3/c1-13-9-15-11-23(7-8-24(15)21-13)18(25)10-17-19(26)20-5-6-22(17)12-16-4-3-14(2)27-16/h3-4,9,17H,5-8,10-12H2,1-2H3,(H,20,26). The topological polar surface area (TPSA) is 83.6 Å². The molecule has 8 nitrogen and oxygen atoms in total. The minimum Gasteiger partial charge on any atom is -0.465 e. The van der Waals surface area contributed by atoms with Gasteiger partial charge in [0, 0.05) is 19.6 Å². The summed E-state index contributed by atoms with van der Waals surface area (Å²) in [5, 5.41) is 7.31. The van der Waals surface area contributed by atoms with Gasteiger partial charge in [0.15, 0.2) is 0 Å². The second kappa shape index (κ2) is 7.19. The Hall–Kier alpha value is -2.61. The van der Waals surface area contributed by atoms with E-state index in [1.54, 1.807) is 0 Å². The van der Waals surface area contributed by atoms with Gasteiger partial charge in [0.25, 0.3) is 0 Å². The van der Waals surface area contributed by atoms with Crippen LogP contribution in [0.2, 0.25) is 0 Å². The molecular formula is C19H25N5O3. The van der Waals surface area contributed by atoms with Crippen LogP contribution in [0.4, 0.5) is 0 Å². The largest absolute Gasteiger partial charge is 0.465 e. The zero-order chi connectivity index (χ0) is 19.0. The molecule has 4 heterocycles. The molecule has 0 saturated carbocycles. The van der Waals surface area contributed by atoms with E-state index in [1.165, 1.54) is 0 Å². The molecule has 1 unspecified atom stereocenters. The maximum atomic E-state index is 12.9. The number of nitrogens with one attached hydrogen (secondary N) is 1. The number of fused-ring (bicyclic) bond motifs is 1. The third-order valence-electron chi connectivity index (χ3n) is 5.24. The minimum atomic E-state index is -0.467. The molecule has 2 aliphatic heterocycles. The number of carbonyl (C=O) groups is 2. The Labute approximate surface area is 158 Å². The number of amides is 2. The Morgan fingerprint density at radius 1 is 1.30 bits per heavy atom. The van der Waals surface area contributed by atoms with Gasteiger partial charge in [0.2, 0.25) is 11.8 Å². The zero-order valence-corrected chi connectivity index (χ0v) is 15.8. The lowest BCUT2D eigenvalue weighted by Gasteiger charge is -2.36. The molecule has 2 aromatic heterocycles. The van der Waals surface area contributed by atoms with Crippen molar-refractivity contribution in [1.29, 1.82) is 0 Å². The first-order chi connectivity index (χ1) is 13.0. The second-order valence-corrected chi connectivity index (χ2v) is 7.31. The number of hydrogen-bond donors (Lipinski definition) is 1. The van der Waals surface area contributed by atoms with Crippen molar-refractivity contribution < 1.29 is 14.0 Å². The van der Waals surface area contributed by atoms with Crippen molar-refractivity contribution in [3.8, 4) is 0 Å². The van der Waals surface area contributed by atoms with E-state index in [9.17, 15) is 9.59 Å². The van der Waals surface area contributed by atoms with Crippen molar-refractivity contribution in [2.24, 2.45) is 0 Å². The number of piperazine rings is 1. The highest BCUT2D eigenvalue weighted by atomic mass is 16.3. The van der Waals surface area contributed by atoms with Crippen molar-refractivity contribution in [2.45, 2.75) is 45.9 Å². The Morgan fingerprint density at radius 3 is 2.93 bits per heavy atom. The normalized spacial score (nSPS) is 20.4. The molecular weight excluding hydrogens is 346 g/mol. The van der Waals surface area contributed by atoms with Crippen LogP contribution in [0.1, 0.15) is 29.3 Å². The predicted octanol–water partition coefficient (Wildman–Crippen LogP) is 0.826. The van der Waals surface area contributed by atoms with E-state index >= 15 is 0 Å². The summed E-state index contributed by atoms with van der Waals surface area (Å²) in [5.41, 5.74) is 2.01. The van der Waals surface area contributed by atoms with E-state index in [-0.39, 0.29) is 18.2 Å². The maximum absolute atomic E-state index is 12.9. The lowest BCUT2D eigenvalue weighted by atomic mass is 10.1. The minimum absolute atomic E-state index is 0.00257. The quantitative estimate of drug-likeness (QED) is 0.861. The summed E-state index contributed by atoms with van der Waals surface area (Å²) in [6.07, 6.45) is 0.179. The molecule has 0 aromatic carbocycles. The van der Waals surface area contributed by atoms with Crippen LogP contribution in [0.3, 0.4) is 0 Å². The first kappa shape index (κ1) is 17.8. The average molecular weight is 371 g/mol. The highest BCUT2D eigenvalue weighted by Gasteiger charge is 2.34. The van der Waals surface area contributed by atoms with E-state index in [2.05, 4.69) is 10.4 Å². The van der Waals surface area contributed by atoms with Gasteiger partial charge in [-0.1, -0.05) is 0 Å². The Balaban J connectivity index is 1.43. The highest BCUT2D eigenvalue weighted by molar-refractivity contribution is 5.88. The lowest BCUT2D eigenvalue weighted by molar-refractivity contribution is -0.140. The maximum Gasteiger partial charge on any atom is 0.237 e. The first-order valence-corrected chi connectivity index (χ1v) is 9.38. The number of rotatable bonds is 4. The molecule has 4 rings (SSSR count). The number of aryl methyl sites for hydroxylation is 2. The molecule has 2 aliphatic rings. The fraction of sp³-hybridized carbons (Fsp3) is 0.526.